The van der Waals surface area contributed by atoms with Gasteiger partial charge in [-0.25, -0.2) is 4.98 Å². The van der Waals surface area contributed by atoms with Gasteiger partial charge in [0.15, 0.2) is 0 Å². The minimum absolute atomic E-state index is 0.629. The van der Waals surface area contributed by atoms with Crippen LogP contribution >= 0.6 is 0 Å². The highest BCUT2D eigenvalue weighted by Gasteiger charge is 2.10. The topological polar surface area (TPSA) is 50.3 Å². The van der Waals surface area contributed by atoms with Crippen molar-refractivity contribution in [3.05, 3.63) is 11.9 Å². The minimum atomic E-state index is 0.629. The highest BCUT2D eigenvalue weighted by atomic mass is 16.5. The molecule has 1 aromatic rings. The monoisotopic (exact) mass is 250 g/mol. The van der Waals surface area contributed by atoms with Crippen molar-refractivity contribution >= 4 is 5.82 Å². The van der Waals surface area contributed by atoms with Crippen molar-refractivity contribution in [3.8, 4) is 5.88 Å². The van der Waals surface area contributed by atoms with Crippen LogP contribution in [0.15, 0.2) is 6.07 Å². The summed E-state index contributed by atoms with van der Waals surface area (Å²) in [5, 5.41) is 3.34. The van der Waals surface area contributed by atoms with Gasteiger partial charge in [-0.15, -0.1) is 0 Å². The normalized spacial score (nSPS) is 15.9. The summed E-state index contributed by atoms with van der Waals surface area (Å²) in [5.41, 5.74) is 0. The van der Waals surface area contributed by atoms with Crippen molar-refractivity contribution in [2.45, 2.75) is 26.7 Å². The summed E-state index contributed by atoms with van der Waals surface area (Å²) >= 11 is 0. The molecule has 0 radical (unpaired) electrons. The van der Waals surface area contributed by atoms with E-state index >= 15 is 0 Å². The average Bonchev–Trinajstić information content (AvgIpc) is 2.82. The summed E-state index contributed by atoms with van der Waals surface area (Å²) in [6, 6.07) is 1.86. The summed E-state index contributed by atoms with van der Waals surface area (Å²) in [4.78, 5) is 11.1. The van der Waals surface area contributed by atoms with Crippen molar-refractivity contribution < 1.29 is 4.74 Å². The largest absolute Gasteiger partial charge is 0.478 e. The van der Waals surface area contributed by atoms with E-state index in [1.807, 2.05) is 19.9 Å². The van der Waals surface area contributed by atoms with Crippen LogP contribution in [0.1, 0.15) is 25.6 Å². The Kier molecular flexibility index (Phi) is 4.75. The molecule has 1 saturated heterocycles. The van der Waals surface area contributed by atoms with E-state index in [2.05, 4.69) is 20.2 Å². The van der Waals surface area contributed by atoms with Gasteiger partial charge >= 0.3 is 0 Å². The molecule has 0 aromatic carbocycles. The maximum absolute atomic E-state index is 5.41. The average molecular weight is 250 g/mol. The first-order chi connectivity index (χ1) is 8.78. The van der Waals surface area contributed by atoms with Crippen molar-refractivity contribution in [2.75, 3.05) is 38.1 Å². The third-order valence-electron chi connectivity index (χ3n) is 3.04. The lowest BCUT2D eigenvalue weighted by Gasteiger charge is -2.15. The summed E-state index contributed by atoms with van der Waals surface area (Å²) < 4.78 is 5.41. The Morgan fingerprint density at radius 1 is 1.33 bits per heavy atom. The molecular formula is C13H22N4O. The van der Waals surface area contributed by atoms with Gasteiger partial charge < -0.3 is 15.0 Å². The molecule has 0 bridgehead atoms. The zero-order chi connectivity index (χ0) is 12.8. The van der Waals surface area contributed by atoms with Crippen LogP contribution in [-0.2, 0) is 0 Å². The summed E-state index contributed by atoms with van der Waals surface area (Å²) in [6.45, 7) is 8.92. The quantitative estimate of drug-likeness (QED) is 0.832. The van der Waals surface area contributed by atoms with E-state index in [0.717, 1.165) is 24.7 Å². The number of nitrogens with zero attached hydrogens (tertiary/aromatic N) is 3. The van der Waals surface area contributed by atoms with E-state index in [1.54, 1.807) is 0 Å². The van der Waals surface area contributed by atoms with E-state index in [-0.39, 0.29) is 0 Å². The molecule has 1 fully saturated rings. The molecule has 0 amide bonds. The Hall–Kier alpha value is -1.36. The van der Waals surface area contributed by atoms with Crippen LogP contribution < -0.4 is 10.1 Å². The standard InChI is InChI=1S/C13H22N4O/c1-3-18-13-10-12(15-11(2)16-13)14-6-9-17-7-4-5-8-17/h10H,3-9H2,1-2H3,(H,14,15,16). The van der Waals surface area contributed by atoms with Crippen molar-refractivity contribution in [2.24, 2.45) is 0 Å². The highest BCUT2D eigenvalue weighted by Crippen LogP contribution is 2.13. The van der Waals surface area contributed by atoms with Gasteiger partial charge in [0, 0.05) is 19.2 Å². The molecule has 2 rings (SSSR count). The van der Waals surface area contributed by atoms with Crippen LogP contribution in [0, 0.1) is 6.92 Å². The second kappa shape index (κ2) is 6.54. The summed E-state index contributed by atoms with van der Waals surface area (Å²) in [7, 11) is 0. The van der Waals surface area contributed by atoms with Crippen LogP contribution in [0.4, 0.5) is 5.82 Å². The number of likely N-dealkylation sites (tertiary alicyclic amines) is 1. The Morgan fingerprint density at radius 3 is 2.83 bits per heavy atom. The first-order valence-electron chi connectivity index (χ1n) is 6.72. The third-order valence-corrected chi connectivity index (χ3v) is 3.04. The maximum Gasteiger partial charge on any atom is 0.218 e. The number of anilines is 1. The zero-order valence-corrected chi connectivity index (χ0v) is 11.3. The molecule has 5 heteroatoms. The lowest BCUT2D eigenvalue weighted by atomic mass is 10.4. The van der Waals surface area contributed by atoms with Crippen LogP contribution in [0.2, 0.25) is 0 Å². The molecule has 1 aromatic heterocycles. The number of nitrogens with one attached hydrogen (secondary N) is 1. The van der Waals surface area contributed by atoms with Gasteiger partial charge in [0.2, 0.25) is 5.88 Å². The van der Waals surface area contributed by atoms with Crippen LogP contribution in [-0.4, -0.2) is 47.7 Å². The zero-order valence-electron chi connectivity index (χ0n) is 11.3. The molecule has 1 aliphatic heterocycles. The first kappa shape index (κ1) is 13.1. The van der Waals surface area contributed by atoms with Gasteiger partial charge in [-0.1, -0.05) is 0 Å². The van der Waals surface area contributed by atoms with Crippen LogP contribution in [0.25, 0.3) is 0 Å². The summed E-state index contributed by atoms with van der Waals surface area (Å²) in [6.07, 6.45) is 2.67. The van der Waals surface area contributed by atoms with Crippen LogP contribution in [0.3, 0.4) is 0 Å². The fourth-order valence-electron chi connectivity index (χ4n) is 2.20. The summed E-state index contributed by atoms with van der Waals surface area (Å²) in [5.74, 6) is 2.24. The molecule has 1 aliphatic rings. The molecule has 18 heavy (non-hydrogen) atoms. The SMILES string of the molecule is CCOc1cc(NCCN2CCCC2)nc(C)n1. The fourth-order valence-corrected chi connectivity index (χ4v) is 2.20. The Balaban J connectivity index is 1.83. The maximum atomic E-state index is 5.41. The number of ether oxygens (including phenoxy) is 1. The molecule has 0 spiro atoms. The Bertz CT molecular complexity index is 377. The number of aromatic nitrogens is 2. The third kappa shape index (κ3) is 3.84. The number of rotatable bonds is 6. The molecular weight excluding hydrogens is 228 g/mol. The molecule has 0 aliphatic carbocycles. The van der Waals surface area contributed by atoms with Crippen LogP contribution in [0.5, 0.6) is 5.88 Å². The van der Waals surface area contributed by atoms with E-state index in [4.69, 9.17) is 4.74 Å². The molecule has 100 valence electrons. The molecule has 0 atom stereocenters. The number of hydrogen-bond acceptors (Lipinski definition) is 5. The van der Waals surface area contributed by atoms with Crippen molar-refractivity contribution in [1.29, 1.82) is 0 Å². The second-order valence-corrected chi connectivity index (χ2v) is 4.55. The lowest BCUT2D eigenvalue weighted by molar-refractivity contribution is 0.325. The molecule has 2 heterocycles. The van der Waals surface area contributed by atoms with Gasteiger partial charge in [0.05, 0.1) is 6.61 Å². The molecule has 1 N–H and O–H groups in total. The van der Waals surface area contributed by atoms with Gasteiger partial charge in [0.25, 0.3) is 0 Å². The predicted molar refractivity (Wildman–Crippen MR) is 72.1 cm³/mol. The highest BCUT2D eigenvalue weighted by molar-refractivity contribution is 5.38. The van der Waals surface area contributed by atoms with E-state index in [0.29, 0.717) is 12.5 Å². The fraction of sp³-hybridized carbons (Fsp3) is 0.692. The van der Waals surface area contributed by atoms with Gasteiger partial charge in [-0.05, 0) is 39.8 Å². The van der Waals surface area contributed by atoms with E-state index in [9.17, 15) is 0 Å². The van der Waals surface area contributed by atoms with E-state index in [1.165, 1.54) is 25.9 Å². The minimum Gasteiger partial charge on any atom is -0.478 e. The van der Waals surface area contributed by atoms with Gasteiger partial charge in [-0.3, -0.25) is 0 Å². The molecule has 5 nitrogen and oxygen atoms in total. The Morgan fingerprint density at radius 2 is 2.11 bits per heavy atom. The first-order valence-corrected chi connectivity index (χ1v) is 6.72. The van der Waals surface area contributed by atoms with Gasteiger partial charge in [-0.2, -0.15) is 4.98 Å². The smallest absolute Gasteiger partial charge is 0.218 e. The predicted octanol–water partition coefficient (Wildman–Crippen LogP) is 1.69. The molecule has 0 saturated carbocycles. The number of aryl methyl sites for hydroxylation is 1. The second-order valence-electron chi connectivity index (χ2n) is 4.55. The van der Waals surface area contributed by atoms with Gasteiger partial charge in [0.1, 0.15) is 11.6 Å². The Labute approximate surface area is 109 Å². The van der Waals surface area contributed by atoms with E-state index < -0.39 is 0 Å². The van der Waals surface area contributed by atoms with Crippen molar-refractivity contribution in [3.63, 3.8) is 0 Å². The number of hydrogen-bond donors (Lipinski definition) is 1. The molecule has 0 unspecified atom stereocenters. The van der Waals surface area contributed by atoms with Crippen molar-refractivity contribution in [1.82, 2.24) is 14.9 Å². The lowest BCUT2D eigenvalue weighted by Crippen LogP contribution is -2.26.